The fourth-order valence-electron chi connectivity index (χ4n) is 1.98. The Bertz CT molecular complexity index is 877. The van der Waals surface area contributed by atoms with Crippen molar-refractivity contribution in [2.24, 2.45) is 0 Å². The molecule has 0 saturated heterocycles. The van der Waals surface area contributed by atoms with Crippen LogP contribution in [0, 0.1) is 11.6 Å². The summed E-state index contributed by atoms with van der Waals surface area (Å²) in [6.45, 7) is 0. The molecular weight excluding hydrogens is 286 g/mol. The van der Waals surface area contributed by atoms with Crippen LogP contribution in [0.5, 0.6) is 0 Å². The van der Waals surface area contributed by atoms with Crippen LogP contribution in [0.4, 0.5) is 8.78 Å². The summed E-state index contributed by atoms with van der Waals surface area (Å²) in [5.41, 5.74) is 0.0902. The highest BCUT2D eigenvalue weighted by Gasteiger charge is 2.10. The Labute approximate surface area is 117 Å². The van der Waals surface area contributed by atoms with Gasteiger partial charge in [0, 0.05) is 24.5 Å². The zero-order valence-corrected chi connectivity index (χ0v) is 10.7. The normalized spacial score (nSPS) is 10.9. The number of rotatable bonds is 1. The van der Waals surface area contributed by atoms with Crippen LogP contribution in [0.3, 0.4) is 0 Å². The minimum atomic E-state index is -0.744. The number of hydrogen-bond donors (Lipinski definition) is 0. The SMILES string of the molecule is O=c1ccn(-c2ccc(F)cc2F)c2ncc(Cl)cc12. The van der Waals surface area contributed by atoms with Gasteiger partial charge in [-0.05, 0) is 18.2 Å². The highest BCUT2D eigenvalue weighted by Crippen LogP contribution is 2.20. The molecule has 100 valence electrons. The number of halogens is 3. The van der Waals surface area contributed by atoms with Crippen molar-refractivity contribution in [1.29, 1.82) is 0 Å². The maximum Gasteiger partial charge on any atom is 0.191 e. The van der Waals surface area contributed by atoms with Crippen LogP contribution in [0.15, 0.2) is 47.5 Å². The fourth-order valence-corrected chi connectivity index (χ4v) is 2.14. The third-order valence-electron chi connectivity index (χ3n) is 2.87. The highest BCUT2D eigenvalue weighted by molar-refractivity contribution is 6.31. The molecule has 3 rings (SSSR count). The molecule has 0 spiro atoms. The smallest absolute Gasteiger partial charge is 0.191 e. The molecule has 1 aromatic carbocycles. The molecule has 2 heterocycles. The van der Waals surface area contributed by atoms with Gasteiger partial charge in [-0.2, -0.15) is 0 Å². The second kappa shape index (κ2) is 4.68. The van der Waals surface area contributed by atoms with Crippen LogP contribution < -0.4 is 5.43 Å². The maximum atomic E-state index is 13.9. The first-order valence-electron chi connectivity index (χ1n) is 5.68. The first-order chi connectivity index (χ1) is 9.56. The Balaban J connectivity index is 2.37. The Hall–Kier alpha value is -2.27. The van der Waals surface area contributed by atoms with E-state index in [0.29, 0.717) is 5.02 Å². The number of benzene rings is 1. The van der Waals surface area contributed by atoms with Crippen LogP contribution in [0.2, 0.25) is 5.02 Å². The summed E-state index contributed by atoms with van der Waals surface area (Å²) < 4.78 is 28.2. The summed E-state index contributed by atoms with van der Waals surface area (Å²) in [4.78, 5) is 15.8. The Morgan fingerprint density at radius 3 is 2.70 bits per heavy atom. The molecule has 0 aliphatic carbocycles. The van der Waals surface area contributed by atoms with Gasteiger partial charge >= 0.3 is 0 Å². The van der Waals surface area contributed by atoms with E-state index in [9.17, 15) is 13.6 Å². The van der Waals surface area contributed by atoms with Gasteiger partial charge in [0.1, 0.15) is 17.3 Å². The van der Waals surface area contributed by atoms with Crippen molar-refractivity contribution >= 4 is 22.6 Å². The van der Waals surface area contributed by atoms with Gasteiger partial charge in [0.15, 0.2) is 5.43 Å². The number of hydrogen-bond acceptors (Lipinski definition) is 2. The van der Waals surface area contributed by atoms with Gasteiger partial charge < -0.3 is 0 Å². The van der Waals surface area contributed by atoms with Crippen LogP contribution >= 0.6 is 11.6 Å². The first kappa shape index (κ1) is 12.7. The Morgan fingerprint density at radius 1 is 1.15 bits per heavy atom. The van der Waals surface area contributed by atoms with E-state index in [1.54, 1.807) is 0 Å². The fraction of sp³-hybridized carbons (Fsp3) is 0. The molecule has 3 nitrogen and oxygen atoms in total. The van der Waals surface area contributed by atoms with Gasteiger partial charge in [0.25, 0.3) is 0 Å². The van der Waals surface area contributed by atoms with Crippen molar-refractivity contribution in [2.75, 3.05) is 0 Å². The van der Waals surface area contributed by atoms with Crippen molar-refractivity contribution in [1.82, 2.24) is 9.55 Å². The van der Waals surface area contributed by atoms with Gasteiger partial charge in [0.05, 0.1) is 16.1 Å². The summed E-state index contributed by atoms with van der Waals surface area (Å²) in [5, 5.41) is 0.579. The summed E-state index contributed by atoms with van der Waals surface area (Å²) in [7, 11) is 0. The van der Waals surface area contributed by atoms with Crippen LogP contribution in [-0.4, -0.2) is 9.55 Å². The molecule has 3 aromatic rings. The predicted octanol–water partition coefficient (Wildman–Crippen LogP) is 3.32. The minimum absolute atomic E-state index is 0.103. The van der Waals surface area contributed by atoms with Gasteiger partial charge in [0.2, 0.25) is 0 Å². The molecular formula is C14H7ClF2N2O. The first-order valence-corrected chi connectivity index (χ1v) is 6.06. The van der Waals surface area contributed by atoms with Crippen LogP contribution in [0.25, 0.3) is 16.7 Å². The lowest BCUT2D eigenvalue weighted by atomic mass is 10.2. The van der Waals surface area contributed by atoms with Crippen molar-refractivity contribution < 1.29 is 8.78 Å². The monoisotopic (exact) mass is 292 g/mol. The molecule has 6 heteroatoms. The summed E-state index contributed by atoms with van der Waals surface area (Å²) >= 11 is 5.81. The lowest BCUT2D eigenvalue weighted by Crippen LogP contribution is -2.09. The second-order valence-corrected chi connectivity index (χ2v) is 4.61. The van der Waals surface area contributed by atoms with E-state index in [1.165, 1.54) is 35.2 Å². The molecule has 0 atom stereocenters. The Kier molecular flexibility index (Phi) is 2.99. The number of aromatic nitrogens is 2. The predicted molar refractivity (Wildman–Crippen MR) is 72.3 cm³/mol. The third-order valence-corrected chi connectivity index (χ3v) is 3.08. The number of nitrogens with zero attached hydrogens (tertiary/aromatic N) is 2. The summed E-state index contributed by atoms with van der Waals surface area (Å²) in [5.74, 6) is -1.42. The van der Waals surface area contributed by atoms with Gasteiger partial charge in [-0.3, -0.25) is 9.36 Å². The molecule has 0 amide bonds. The van der Waals surface area contributed by atoms with E-state index in [-0.39, 0.29) is 22.1 Å². The standard InChI is InChI=1S/C14H7ClF2N2O/c15-8-5-10-13(20)3-4-19(14(10)18-7-8)12-2-1-9(16)6-11(12)17/h1-7H. The minimum Gasteiger partial charge on any atom is -0.298 e. The molecule has 20 heavy (non-hydrogen) atoms. The average molecular weight is 293 g/mol. The maximum absolute atomic E-state index is 13.9. The van der Waals surface area contributed by atoms with Crippen LogP contribution in [-0.2, 0) is 0 Å². The van der Waals surface area contributed by atoms with E-state index in [1.807, 2.05) is 0 Å². The van der Waals surface area contributed by atoms with E-state index < -0.39 is 11.6 Å². The van der Waals surface area contributed by atoms with Crippen molar-refractivity contribution in [3.05, 3.63) is 69.6 Å². The van der Waals surface area contributed by atoms with Gasteiger partial charge in [-0.15, -0.1) is 0 Å². The summed E-state index contributed by atoms with van der Waals surface area (Å²) in [6.07, 6.45) is 2.75. The highest BCUT2D eigenvalue weighted by atomic mass is 35.5. The van der Waals surface area contributed by atoms with Crippen LogP contribution in [0.1, 0.15) is 0 Å². The van der Waals surface area contributed by atoms with E-state index in [4.69, 9.17) is 11.6 Å². The van der Waals surface area contributed by atoms with Crippen molar-refractivity contribution in [3.8, 4) is 5.69 Å². The van der Waals surface area contributed by atoms with Gasteiger partial charge in [-0.25, -0.2) is 13.8 Å². The molecule has 0 aliphatic heterocycles. The van der Waals surface area contributed by atoms with E-state index >= 15 is 0 Å². The Morgan fingerprint density at radius 2 is 1.95 bits per heavy atom. The second-order valence-electron chi connectivity index (χ2n) is 4.17. The average Bonchev–Trinajstić information content (AvgIpc) is 2.41. The molecule has 0 fully saturated rings. The lowest BCUT2D eigenvalue weighted by Gasteiger charge is -2.10. The van der Waals surface area contributed by atoms with Crippen molar-refractivity contribution in [3.63, 3.8) is 0 Å². The largest absolute Gasteiger partial charge is 0.298 e. The van der Waals surface area contributed by atoms with Gasteiger partial charge in [-0.1, -0.05) is 11.6 Å². The zero-order valence-electron chi connectivity index (χ0n) is 9.98. The number of fused-ring (bicyclic) bond motifs is 1. The number of pyridine rings is 2. The molecule has 0 saturated carbocycles. The molecule has 2 aromatic heterocycles. The quantitative estimate of drug-likeness (QED) is 0.689. The molecule has 0 unspecified atom stereocenters. The topological polar surface area (TPSA) is 34.9 Å². The third kappa shape index (κ3) is 2.06. The van der Waals surface area contributed by atoms with E-state index in [0.717, 1.165) is 12.1 Å². The summed E-state index contributed by atoms with van der Waals surface area (Å²) in [6, 6.07) is 5.94. The van der Waals surface area contributed by atoms with Crippen molar-refractivity contribution in [2.45, 2.75) is 0 Å². The molecule has 0 N–H and O–H groups in total. The molecule has 0 radical (unpaired) electrons. The molecule has 0 aliphatic rings. The molecule has 0 bridgehead atoms. The lowest BCUT2D eigenvalue weighted by molar-refractivity contribution is 0.578. The zero-order chi connectivity index (χ0) is 14.3. The van der Waals surface area contributed by atoms with E-state index in [2.05, 4.69) is 4.98 Å².